The van der Waals surface area contributed by atoms with E-state index in [0.717, 1.165) is 11.1 Å². The van der Waals surface area contributed by atoms with E-state index in [1.54, 1.807) is 0 Å². The van der Waals surface area contributed by atoms with Crippen molar-refractivity contribution in [1.82, 2.24) is 0 Å². The summed E-state index contributed by atoms with van der Waals surface area (Å²) in [6.07, 6.45) is 2.12. The Morgan fingerprint density at radius 2 is 2.06 bits per heavy atom. The summed E-state index contributed by atoms with van der Waals surface area (Å²) in [4.78, 5) is 3.33. The van der Waals surface area contributed by atoms with E-state index in [4.69, 9.17) is 5.53 Å². The highest BCUT2D eigenvalue weighted by atomic mass is 32.2. The molecule has 1 aliphatic carbocycles. The van der Waals surface area contributed by atoms with Gasteiger partial charge in [-0.3, -0.25) is 0 Å². The summed E-state index contributed by atoms with van der Waals surface area (Å²) in [6, 6.07) is 0. The van der Waals surface area contributed by atoms with Crippen molar-refractivity contribution in [3.05, 3.63) is 32.6 Å². The van der Waals surface area contributed by atoms with Crippen LogP contribution in [0, 0.1) is 11.3 Å². The number of nitrogens with zero attached hydrogens (tertiary/aromatic N) is 3. The molecule has 0 aromatic heterocycles. The Hall–Kier alpha value is -0.900. The molecule has 0 N–H and O–H groups in total. The van der Waals surface area contributed by atoms with Gasteiger partial charge in [0.1, 0.15) is 15.9 Å². The predicted octanol–water partition coefficient (Wildman–Crippen LogP) is 3.86. The fourth-order valence-corrected chi connectivity index (χ4v) is 2.98. The molecule has 0 bridgehead atoms. The highest BCUT2D eigenvalue weighted by Crippen LogP contribution is 2.45. The molecule has 88 valence electrons. The largest absolute Gasteiger partial charge is 0.598 e. The topological polar surface area (TPSA) is 71.8 Å². The third-order valence-electron chi connectivity index (χ3n) is 2.99. The summed E-state index contributed by atoms with van der Waals surface area (Å²) in [6.45, 7) is 10.2. The van der Waals surface area contributed by atoms with Gasteiger partial charge in [0, 0.05) is 21.4 Å². The second-order valence-corrected chi connectivity index (χ2v) is 5.92. The summed E-state index contributed by atoms with van der Waals surface area (Å²) >= 11 is -1.60. The molecule has 0 heterocycles. The molecule has 1 rings (SSSR count). The lowest BCUT2D eigenvalue weighted by Gasteiger charge is -2.16. The fourth-order valence-electron chi connectivity index (χ4n) is 1.81. The Morgan fingerprint density at radius 1 is 1.50 bits per heavy atom. The molecule has 1 aliphatic rings. The van der Waals surface area contributed by atoms with E-state index in [1.165, 1.54) is 0 Å². The van der Waals surface area contributed by atoms with Gasteiger partial charge in [-0.05, 0) is 18.4 Å². The normalized spacial score (nSPS) is 20.8. The number of rotatable bonds is 3. The molecule has 16 heavy (non-hydrogen) atoms. The third-order valence-corrected chi connectivity index (χ3v) is 4.11. The minimum Gasteiger partial charge on any atom is -0.598 e. The smallest absolute Gasteiger partial charge is 0.171 e. The Morgan fingerprint density at radius 3 is 2.50 bits per heavy atom. The van der Waals surface area contributed by atoms with Crippen LogP contribution in [0.4, 0.5) is 0 Å². The van der Waals surface area contributed by atoms with Crippen molar-refractivity contribution in [2.75, 3.05) is 0 Å². The van der Waals surface area contributed by atoms with E-state index in [-0.39, 0.29) is 11.3 Å². The van der Waals surface area contributed by atoms with E-state index in [0.29, 0.717) is 4.91 Å². The molecular weight excluding hydrogens is 222 g/mol. The molecule has 0 aliphatic heterocycles. The van der Waals surface area contributed by atoms with Crippen molar-refractivity contribution in [2.24, 2.45) is 15.9 Å². The summed E-state index contributed by atoms with van der Waals surface area (Å²) < 4.78 is 15.2. The first-order chi connectivity index (χ1) is 7.31. The molecule has 0 amide bonds. The molecule has 1 atom stereocenters. The number of allylic oxidation sites excluding steroid dienone is 3. The molecular formula is C11H17N3OS. The van der Waals surface area contributed by atoms with Crippen LogP contribution in [0.15, 0.2) is 26.6 Å². The Labute approximate surface area is 99.4 Å². The van der Waals surface area contributed by atoms with Crippen LogP contribution in [0.25, 0.3) is 10.4 Å². The van der Waals surface area contributed by atoms with Gasteiger partial charge in [-0.2, -0.15) is 0 Å². The minimum atomic E-state index is -1.60. The van der Waals surface area contributed by atoms with Crippen molar-refractivity contribution in [3.63, 3.8) is 0 Å². The third kappa shape index (κ3) is 2.26. The van der Waals surface area contributed by atoms with Crippen molar-refractivity contribution >= 4 is 11.4 Å². The van der Waals surface area contributed by atoms with Crippen molar-refractivity contribution in [1.29, 1.82) is 0 Å². The van der Waals surface area contributed by atoms with Crippen molar-refractivity contribution in [2.45, 2.75) is 34.6 Å². The number of azide groups is 1. The van der Waals surface area contributed by atoms with Crippen LogP contribution in [-0.4, -0.2) is 4.55 Å². The molecule has 0 aromatic carbocycles. The first-order valence-corrected chi connectivity index (χ1v) is 6.33. The van der Waals surface area contributed by atoms with Gasteiger partial charge < -0.3 is 4.55 Å². The van der Waals surface area contributed by atoms with Gasteiger partial charge in [0.05, 0.1) is 0 Å². The SMILES string of the molecule is CC1=C([S+]([O-])N=[N+]=[N-])C(C(C)C)=CC1(C)C. The molecule has 1 unspecified atom stereocenters. The molecule has 0 radical (unpaired) electrons. The van der Waals surface area contributed by atoms with E-state index in [1.807, 2.05) is 20.8 Å². The highest BCUT2D eigenvalue weighted by molar-refractivity contribution is 7.94. The second-order valence-electron chi connectivity index (χ2n) is 4.85. The van der Waals surface area contributed by atoms with Crippen LogP contribution >= 0.6 is 0 Å². The average Bonchev–Trinajstić information content (AvgIpc) is 2.39. The zero-order valence-electron chi connectivity index (χ0n) is 10.3. The van der Waals surface area contributed by atoms with Crippen LogP contribution in [0.3, 0.4) is 0 Å². The first-order valence-electron chi connectivity index (χ1n) is 5.22. The first kappa shape index (κ1) is 13.2. The summed E-state index contributed by atoms with van der Waals surface area (Å²) in [5.74, 6) is 0.282. The lowest BCUT2D eigenvalue weighted by atomic mass is 9.88. The van der Waals surface area contributed by atoms with E-state index in [9.17, 15) is 4.55 Å². The molecule has 0 fully saturated rings. The van der Waals surface area contributed by atoms with Gasteiger partial charge in [-0.25, -0.2) is 0 Å². The van der Waals surface area contributed by atoms with Gasteiger partial charge in [0.15, 0.2) is 4.91 Å². The average molecular weight is 239 g/mol. The highest BCUT2D eigenvalue weighted by Gasteiger charge is 2.37. The lowest BCUT2D eigenvalue weighted by Crippen LogP contribution is -2.09. The Bertz CT molecular complexity index is 403. The van der Waals surface area contributed by atoms with Crippen LogP contribution in [-0.2, 0) is 11.4 Å². The summed E-state index contributed by atoms with van der Waals surface area (Å²) in [7, 11) is 0. The standard InChI is InChI=1S/C11H17N3OS/c1-7(2)9-6-11(4,5)8(3)10(9)16(15)14-13-12/h6-7H,1-5H3. The van der Waals surface area contributed by atoms with E-state index < -0.39 is 11.4 Å². The maximum atomic E-state index is 11.9. The van der Waals surface area contributed by atoms with Crippen LogP contribution in [0.2, 0.25) is 0 Å². The monoisotopic (exact) mass is 239 g/mol. The van der Waals surface area contributed by atoms with Crippen molar-refractivity contribution in [3.8, 4) is 0 Å². The van der Waals surface area contributed by atoms with Gasteiger partial charge in [-0.15, -0.1) is 0 Å². The lowest BCUT2D eigenvalue weighted by molar-refractivity contribution is 0.583. The number of hydrogen-bond donors (Lipinski definition) is 0. The maximum absolute atomic E-state index is 11.9. The Balaban J connectivity index is 3.27. The molecule has 5 heteroatoms. The maximum Gasteiger partial charge on any atom is 0.171 e. The van der Waals surface area contributed by atoms with Gasteiger partial charge >= 0.3 is 0 Å². The van der Waals surface area contributed by atoms with Gasteiger partial charge in [0.25, 0.3) is 0 Å². The molecule has 0 aromatic rings. The van der Waals surface area contributed by atoms with Crippen molar-refractivity contribution < 1.29 is 4.55 Å². The zero-order chi connectivity index (χ0) is 12.5. The molecule has 0 saturated carbocycles. The minimum absolute atomic E-state index is 0.102. The van der Waals surface area contributed by atoms with E-state index in [2.05, 4.69) is 29.4 Å². The fraction of sp³-hybridized carbons (Fsp3) is 0.636. The van der Waals surface area contributed by atoms with E-state index >= 15 is 0 Å². The van der Waals surface area contributed by atoms with Gasteiger partial charge in [0.2, 0.25) is 0 Å². The van der Waals surface area contributed by atoms with Crippen LogP contribution in [0.5, 0.6) is 0 Å². The summed E-state index contributed by atoms with van der Waals surface area (Å²) in [5.41, 5.74) is 10.3. The molecule has 0 spiro atoms. The summed E-state index contributed by atoms with van der Waals surface area (Å²) in [5, 5.41) is 0. The van der Waals surface area contributed by atoms with Crippen LogP contribution < -0.4 is 0 Å². The quantitative estimate of drug-likeness (QED) is 0.319. The van der Waals surface area contributed by atoms with Crippen LogP contribution in [0.1, 0.15) is 34.6 Å². The van der Waals surface area contributed by atoms with Gasteiger partial charge in [-0.1, -0.05) is 33.8 Å². The second kappa shape index (κ2) is 4.53. The Kier molecular flexibility index (Phi) is 3.73. The zero-order valence-corrected chi connectivity index (χ0v) is 11.1. The number of hydrogen-bond acceptors (Lipinski definition) is 2. The molecule has 0 saturated heterocycles. The molecule has 4 nitrogen and oxygen atoms in total. The predicted molar refractivity (Wildman–Crippen MR) is 66.7 cm³/mol.